The molecule has 0 atom stereocenters. The summed E-state index contributed by atoms with van der Waals surface area (Å²) in [6, 6.07) is 5.37. The van der Waals surface area contributed by atoms with Crippen molar-refractivity contribution in [1.29, 1.82) is 0 Å². The fourth-order valence-electron chi connectivity index (χ4n) is 2.58. The van der Waals surface area contributed by atoms with Gasteiger partial charge in [-0.05, 0) is 23.6 Å². The summed E-state index contributed by atoms with van der Waals surface area (Å²) in [5, 5.41) is 2.01. The lowest BCUT2D eigenvalue weighted by Gasteiger charge is -2.33. The number of pyridine rings is 1. The van der Waals surface area contributed by atoms with E-state index in [0.29, 0.717) is 5.03 Å². The Balaban J connectivity index is 1.50. The minimum atomic E-state index is -4.45. The number of hydrogen-bond donors (Lipinski definition) is 0. The van der Waals surface area contributed by atoms with Crippen molar-refractivity contribution in [3.05, 3.63) is 41.4 Å². The van der Waals surface area contributed by atoms with Gasteiger partial charge < -0.3 is 4.90 Å². The molecule has 28 heavy (non-hydrogen) atoms. The van der Waals surface area contributed by atoms with Crippen molar-refractivity contribution in [1.82, 2.24) is 14.2 Å². The van der Waals surface area contributed by atoms with Gasteiger partial charge in [-0.3, -0.25) is 4.79 Å². The standard InChI is InChI=1S/C16H16F3N3O3S3/c17-16(18,19)12-3-4-13(20-10-12)27-11-14(23)21-5-7-22(8-6-21)28(24,25)15-2-1-9-26-15/h1-4,9-10H,5-8,11H2. The number of piperazine rings is 1. The Labute approximate surface area is 168 Å². The summed E-state index contributed by atoms with van der Waals surface area (Å²) in [6.07, 6.45) is -3.71. The van der Waals surface area contributed by atoms with Crippen LogP contribution in [0.1, 0.15) is 5.56 Å². The molecule has 0 unspecified atom stereocenters. The number of hydrogen-bond acceptors (Lipinski definition) is 6. The predicted octanol–water partition coefficient (Wildman–Crippen LogP) is 2.79. The zero-order valence-electron chi connectivity index (χ0n) is 14.4. The van der Waals surface area contributed by atoms with Gasteiger partial charge in [-0.15, -0.1) is 11.3 Å². The fourth-order valence-corrected chi connectivity index (χ4v) is 5.89. The van der Waals surface area contributed by atoms with Gasteiger partial charge in [-0.1, -0.05) is 17.8 Å². The van der Waals surface area contributed by atoms with Gasteiger partial charge >= 0.3 is 6.18 Å². The molecule has 152 valence electrons. The molecular weight excluding hydrogens is 435 g/mol. The second kappa shape index (κ2) is 8.39. The molecule has 2 aromatic rings. The van der Waals surface area contributed by atoms with Gasteiger partial charge in [0.2, 0.25) is 5.91 Å². The summed E-state index contributed by atoms with van der Waals surface area (Å²) in [7, 11) is -3.53. The largest absolute Gasteiger partial charge is 0.417 e. The molecule has 0 saturated carbocycles. The summed E-state index contributed by atoms with van der Waals surface area (Å²) in [5.74, 6) is -0.185. The Morgan fingerprint density at radius 2 is 1.89 bits per heavy atom. The molecule has 0 aliphatic carbocycles. The lowest BCUT2D eigenvalue weighted by Crippen LogP contribution is -2.50. The first-order valence-electron chi connectivity index (χ1n) is 8.15. The third-order valence-electron chi connectivity index (χ3n) is 4.09. The minimum absolute atomic E-state index is 0.0238. The molecule has 0 bridgehead atoms. The SMILES string of the molecule is O=C(CSc1ccc(C(F)(F)F)cn1)N1CCN(S(=O)(=O)c2cccs2)CC1. The van der Waals surface area contributed by atoms with E-state index in [1.54, 1.807) is 22.4 Å². The van der Waals surface area contributed by atoms with Crippen molar-refractivity contribution in [3.8, 4) is 0 Å². The summed E-state index contributed by atoms with van der Waals surface area (Å²) in [4.78, 5) is 17.6. The zero-order valence-corrected chi connectivity index (χ0v) is 16.9. The number of nitrogens with zero attached hydrogens (tertiary/aromatic N) is 3. The van der Waals surface area contributed by atoms with Crippen molar-refractivity contribution in [2.75, 3.05) is 31.9 Å². The van der Waals surface area contributed by atoms with Gasteiger partial charge in [0.15, 0.2) is 0 Å². The Morgan fingerprint density at radius 3 is 2.43 bits per heavy atom. The van der Waals surface area contributed by atoms with E-state index in [4.69, 9.17) is 0 Å². The quantitative estimate of drug-likeness (QED) is 0.654. The normalized spacial score (nSPS) is 16.3. The summed E-state index contributed by atoms with van der Waals surface area (Å²) >= 11 is 2.19. The second-order valence-electron chi connectivity index (χ2n) is 5.89. The van der Waals surface area contributed by atoms with Crippen LogP contribution in [0.15, 0.2) is 45.1 Å². The first kappa shape index (κ1) is 21.1. The van der Waals surface area contributed by atoms with Crippen LogP contribution in [-0.4, -0.2) is 60.4 Å². The molecule has 12 heteroatoms. The van der Waals surface area contributed by atoms with Gasteiger partial charge in [0.05, 0.1) is 16.3 Å². The van der Waals surface area contributed by atoms with E-state index in [2.05, 4.69) is 4.98 Å². The van der Waals surface area contributed by atoms with Crippen LogP contribution in [0.4, 0.5) is 13.2 Å². The van der Waals surface area contributed by atoms with Gasteiger partial charge in [-0.25, -0.2) is 13.4 Å². The first-order valence-corrected chi connectivity index (χ1v) is 11.5. The number of thioether (sulfide) groups is 1. The highest BCUT2D eigenvalue weighted by Gasteiger charge is 2.32. The summed E-state index contributed by atoms with van der Waals surface area (Å²) < 4.78 is 64.2. The van der Waals surface area contributed by atoms with Crippen molar-refractivity contribution in [2.24, 2.45) is 0 Å². The van der Waals surface area contributed by atoms with Crippen LogP contribution < -0.4 is 0 Å². The molecule has 2 aromatic heterocycles. The van der Waals surface area contributed by atoms with Crippen molar-refractivity contribution in [2.45, 2.75) is 15.4 Å². The molecule has 6 nitrogen and oxygen atoms in total. The number of halogens is 3. The number of carbonyl (C=O) groups excluding carboxylic acids is 1. The molecule has 1 aliphatic heterocycles. The predicted molar refractivity (Wildman–Crippen MR) is 99.6 cm³/mol. The average molecular weight is 452 g/mol. The molecule has 0 radical (unpaired) electrons. The fraction of sp³-hybridized carbons (Fsp3) is 0.375. The highest BCUT2D eigenvalue weighted by Crippen LogP contribution is 2.29. The van der Waals surface area contributed by atoms with Crippen LogP contribution in [0.25, 0.3) is 0 Å². The molecular formula is C16H16F3N3O3S3. The highest BCUT2D eigenvalue weighted by atomic mass is 32.2. The van der Waals surface area contributed by atoms with Gasteiger partial charge in [-0.2, -0.15) is 17.5 Å². The van der Waals surface area contributed by atoms with Gasteiger partial charge in [0.25, 0.3) is 10.0 Å². The van der Waals surface area contributed by atoms with Crippen LogP contribution in [-0.2, 0) is 21.0 Å². The number of amides is 1. The number of aromatic nitrogens is 1. The molecule has 1 fully saturated rings. The van der Waals surface area contributed by atoms with Crippen molar-refractivity contribution in [3.63, 3.8) is 0 Å². The van der Waals surface area contributed by atoms with E-state index >= 15 is 0 Å². The van der Waals surface area contributed by atoms with E-state index < -0.39 is 21.8 Å². The summed E-state index contributed by atoms with van der Waals surface area (Å²) in [6.45, 7) is 0.944. The number of alkyl halides is 3. The van der Waals surface area contributed by atoms with E-state index in [1.165, 1.54) is 10.4 Å². The molecule has 1 amide bonds. The van der Waals surface area contributed by atoms with Crippen LogP contribution >= 0.6 is 23.1 Å². The monoisotopic (exact) mass is 451 g/mol. The van der Waals surface area contributed by atoms with Crippen molar-refractivity contribution < 1.29 is 26.4 Å². The van der Waals surface area contributed by atoms with Crippen LogP contribution in [0.3, 0.4) is 0 Å². The molecule has 0 aromatic carbocycles. The summed E-state index contributed by atoms with van der Waals surface area (Å²) in [5.41, 5.74) is -0.841. The third kappa shape index (κ3) is 4.85. The minimum Gasteiger partial charge on any atom is -0.339 e. The van der Waals surface area contributed by atoms with E-state index in [0.717, 1.165) is 35.4 Å². The lowest BCUT2D eigenvalue weighted by atomic mass is 10.3. The number of rotatable bonds is 5. The third-order valence-corrected chi connectivity index (χ3v) is 8.29. The van der Waals surface area contributed by atoms with E-state index in [-0.39, 0.29) is 42.0 Å². The van der Waals surface area contributed by atoms with Crippen LogP contribution in [0, 0.1) is 0 Å². The molecule has 1 saturated heterocycles. The maximum atomic E-state index is 12.5. The number of sulfonamides is 1. The molecule has 0 N–H and O–H groups in total. The first-order chi connectivity index (χ1) is 13.2. The van der Waals surface area contributed by atoms with E-state index in [1.807, 2.05) is 0 Å². The molecule has 0 spiro atoms. The topological polar surface area (TPSA) is 70.6 Å². The Kier molecular flexibility index (Phi) is 6.32. The average Bonchev–Trinajstić information content (AvgIpc) is 3.21. The van der Waals surface area contributed by atoms with Crippen LogP contribution in [0.5, 0.6) is 0 Å². The Hall–Kier alpha value is -1.63. The van der Waals surface area contributed by atoms with E-state index in [9.17, 15) is 26.4 Å². The lowest BCUT2D eigenvalue weighted by molar-refractivity contribution is -0.138. The molecule has 3 rings (SSSR count). The van der Waals surface area contributed by atoms with Crippen molar-refractivity contribution >= 4 is 39.0 Å². The Bertz CT molecular complexity index is 908. The number of thiophene rings is 1. The van der Waals surface area contributed by atoms with Crippen LogP contribution in [0.2, 0.25) is 0 Å². The zero-order chi connectivity index (χ0) is 20.4. The maximum Gasteiger partial charge on any atom is 0.417 e. The molecule has 1 aliphatic rings. The molecule has 3 heterocycles. The maximum absolute atomic E-state index is 12.5. The van der Waals surface area contributed by atoms with Gasteiger partial charge in [0.1, 0.15) is 4.21 Å². The second-order valence-corrected chi connectivity index (χ2v) is 10.00. The van der Waals surface area contributed by atoms with Gasteiger partial charge in [0, 0.05) is 32.4 Å². The number of carbonyl (C=O) groups is 1. The smallest absolute Gasteiger partial charge is 0.339 e. The Morgan fingerprint density at radius 1 is 1.18 bits per heavy atom. The highest BCUT2D eigenvalue weighted by molar-refractivity contribution is 7.99.